The van der Waals surface area contributed by atoms with E-state index >= 15 is 0 Å². The van der Waals surface area contributed by atoms with Crippen LogP contribution < -0.4 is 14.8 Å². The third kappa shape index (κ3) is 6.13. The highest BCUT2D eigenvalue weighted by Crippen LogP contribution is 2.28. The zero-order valence-corrected chi connectivity index (χ0v) is 18.1. The number of amides is 1. The Morgan fingerprint density at radius 3 is 2.69 bits per heavy atom. The number of benzene rings is 2. The van der Waals surface area contributed by atoms with Crippen LogP contribution in [0.15, 0.2) is 53.1 Å². The SMILES string of the molecule is CCOc1cc(C=O)ccc1OCC(=O)Nc1ncc(Cc2ccc(Br)cc2)s1. The van der Waals surface area contributed by atoms with Crippen molar-refractivity contribution in [2.75, 3.05) is 18.5 Å². The number of nitrogens with zero attached hydrogens (tertiary/aromatic N) is 1. The largest absolute Gasteiger partial charge is 0.490 e. The van der Waals surface area contributed by atoms with Crippen molar-refractivity contribution in [3.05, 3.63) is 69.1 Å². The summed E-state index contributed by atoms with van der Waals surface area (Å²) in [7, 11) is 0. The zero-order chi connectivity index (χ0) is 20.6. The van der Waals surface area contributed by atoms with E-state index in [4.69, 9.17) is 9.47 Å². The quantitative estimate of drug-likeness (QED) is 0.453. The molecule has 0 saturated carbocycles. The summed E-state index contributed by atoms with van der Waals surface area (Å²) >= 11 is 4.85. The van der Waals surface area contributed by atoms with Crippen molar-refractivity contribution in [2.24, 2.45) is 0 Å². The van der Waals surface area contributed by atoms with Gasteiger partial charge in [-0.15, -0.1) is 11.3 Å². The monoisotopic (exact) mass is 474 g/mol. The van der Waals surface area contributed by atoms with Gasteiger partial charge in [0.2, 0.25) is 0 Å². The topological polar surface area (TPSA) is 77.5 Å². The molecule has 0 saturated heterocycles. The van der Waals surface area contributed by atoms with Gasteiger partial charge in [0.1, 0.15) is 6.29 Å². The minimum atomic E-state index is -0.323. The lowest BCUT2D eigenvalue weighted by Gasteiger charge is -2.11. The van der Waals surface area contributed by atoms with Crippen molar-refractivity contribution in [1.82, 2.24) is 4.98 Å². The summed E-state index contributed by atoms with van der Waals surface area (Å²) in [5.41, 5.74) is 1.65. The fourth-order valence-corrected chi connectivity index (χ4v) is 3.66. The van der Waals surface area contributed by atoms with Crippen LogP contribution in [0.2, 0.25) is 0 Å². The second kappa shape index (κ2) is 10.2. The Labute approximate surface area is 181 Å². The molecule has 0 spiro atoms. The van der Waals surface area contributed by atoms with Gasteiger partial charge in [-0.05, 0) is 42.8 Å². The Morgan fingerprint density at radius 2 is 1.97 bits per heavy atom. The molecule has 1 heterocycles. The second-order valence-electron chi connectivity index (χ2n) is 6.03. The predicted molar refractivity (Wildman–Crippen MR) is 116 cm³/mol. The van der Waals surface area contributed by atoms with Crippen LogP contribution in [0, 0.1) is 0 Å². The number of aromatic nitrogens is 1. The highest BCUT2D eigenvalue weighted by atomic mass is 79.9. The van der Waals surface area contributed by atoms with E-state index in [2.05, 4.69) is 26.2 Å². The molecule has 0 radical (unpaired) electrons. The van der Waals surface area contributed by atoms with Gasteiger partial charge in [0.15, 0.2) is 23.2 Å². The van der Waals surface area contributed by atoms with Crippen LogP contribution in [0.25, 0.3) is 0 Å². The maximum Gasteiger partial charge on any atom is 0.264 e. The number of anilines is 1. The number of halogens is 1. The molecule has 29 heavy (non-hydrogen) atoms. The molecule has 3 rings (SSSR count). The van der Waals surface area contributed by atoms with Gasteiger partial charge in [-0.2, -0.15) is 0 Å². The van der Waals surface area contributed by atoms with Crippen molar-refractivity contribution < 1.29 is 19.1 Å². The molecule has 0 atom stereocenters. The van der Waals surface area contributed by atoms with Crippen molar-refractivity contribution in [3.8, 4) is 11.5 Å². The number of thiazole rings is 1. The summed E-state index contributed by atoms with van der Waals surface area (Å²) in [4.78, 5) is 28.4. The van der Waals surface area contributed by atoms with Gasteiger partial charge in [0.05, 0.1) is 6.61 Å². The third-order valence-electron chi connectivity index (χ3n) is 3.85. The Morgan fingerprint density at radius 1 is 1.17 bits per heavy atom. The normalized spacial score (nSPS) is 10.4. The highest BCUT2D eigenvalue weighted by molar-refractivity contribution is 9.10. The van der Waals surface area contributed by atoms with Gasteiger partial charge in [-0.1, -0.05) is 28.1 Å². The number of ether oxygens (including phenoxy) is 2. The van der Waals surface area contributed by atoms with Gasteiger partial charge in [0.25, 0.3) is 5.91 Å². The minimum absolute atomic E-state index is 0.192. The summed E-state index contributed by atoms with van der Waals surface area (Å²) in [6, 6.07) is 12.9. The maximum atomic E-state index is 12.2. The Hall–Kier alpha value is -2.71. The van der Waals surface area contributed by atoms with Gasteiger partial charge in [-0.3, -0.25) is 14.9 Å². The summed E-state index contributed by atoms with van der Waals surface area (Å²) in [5.74, 6) is 0.509. The number of rotatable bonds is 9. The fraction of sp³-hybridized carbons (Fsp3) is 0.190. The van der Waals surface area contributed by atoms with E-state index in [1.807, 2.05) is 31.2 Å². The lowest BCUT2D eigenvalue weighted by Crippen LogP contribution is -2.20. The van der Waals surface area contributed by atoms with Crippen LogP contribution in [0.4, 0.5) is 5.13 Å². The molecule has 1 N–H and O–H groups in total. The first kappa shape index (κ1) is 21.0. The number of carbonyl (C=O) groups is 2. The first-order valence-electron chi connectivity index (χ1n) is 8.91. The molecule has 0 unspecified atom stereocenters. The fourth-order valence-electron chi connectivity index (χ4n) is 2.53. The number of carbonyl (C=O) groups excluding carboxylic acids is 2. The summed E-state index contributed by atoms with van der Waals surface area (Å²) in [5, 5.41) is 3.26. The highest BCUT2D eigenvalue weighted by Gasteiger charge is 2.11. The molecule has 8 heteroatoms. The number of hydrogen-bond acceptors (Lipinski definition) is 6. The molecule has 6 nitrogen and oxygen atoms in total. The van der Waals surface area contributed by atoms with Crippen LogP contribution >= 0.6 is 27.3 Å². The molecule has 150 valence electrons. The van der Waals surface area contributed by atoms with Crippen molar-refractivity contribution in [1.29, 1.82) is 0 Å². The van der Waals surface area contributed by atoms with Crippen molar-refractivity contribution in [2.45, 2.75) is 13.3 Å². The maximum absolute atomic E-state index is 12.2. The van der Waals surface area contributed by atoms with Crippen LogP contribution in [-0.2, 0) is 11.2 Å². The third-order valence-corrected chi connectivity index (χ3v) is 5.30. The molecule has 0 bridgehead atoms. The Kier molecular flexibility index (Phi) is 7.37. The molecular weight excluding hydrogens is 456 g/mol. The van der Waals surface area contributed by atoms with Crippen LogP contribution in [0.1, 0.15) is 27.7 Å². The van der Waals surface area contributed by atoms with Crippen LogP contribution in [0.5, 0.6) is 11.5 Å². The number of hydrogen-bond donors (Lipinski definition) is 1. The molecule has 0 aliphatic rings. The summed E-state index contributed by atoms with van der Waals surface area (Å²) in [6.45, 7) is 2.06. The summed E-state index contributed by atoms with van der Waals surface area (Å²) < 4.78 is 12.1. The van der Waals surface area contributed by atoms with E-state index in [-0.39, 0.29) is 12.5 Å². The van der Waals surface area contributed by atoms with E-state index in [1.54, 1.807) is 24.4 Å². The average molecular weight is 475 g/mol. The Balaban J connectivity index is 1.55. The van der Waals surface area contributed by atoms with Crippen molar-refractivity contribution in [3.63, 3.8) is 0 Å². The molecule has 0 aliphatic heterocycles. The molecule has 1 aromatic heterocycles. The lowest BCUT2D eigenvalue weighted by molar-refractivity contribution is -0.118. The number of aldehydes is 1. The van der Waals surface area contributed by atoms with E-state index in [0.717, 1.165) is 22.1 Å². The first-order chi connectivity index (χ1) is 14.1. The molecular formula is C21H19BrN2O4S. The van der Waals surface area contributed by atoms with Gasteiger partial charge in [-0.25, -0.2) is 4.98 Å². The molecule has 0 aliphatic carbocycles. The van der Waals surface area contributed by atoms with E-state index in [0.29, 0.717) is 28.8 Å². The van der Waals surface area contributed by atoms with E-state index in [1.165, 1.54) is 16.9 Å². The zero-order valence-electron chi connectivity index (χ0n) is 15.7. The average Bonchev–Trinajstić information content (AvgIpc) is 3.15. The van der Waals surface area contributed by atoms with E-state index in [9.17, 15) is 9.59 Å². The summed E-state index contributed by atoms with van der Waals surface area (Å²) in [6.07, 6.45) is 3.24. The predicted octanol–water partition coefficient (Wildman–Crippen LogP) is 4.73. The van der Waals surface area contributed by atoms with Gasteiger partial charge >= 0.3 is 0 Å². The minimum Gasteiger partial charge on any atom is -0.490 e. The molecule has 2 aromatic carbocycles. The smallest absolute Gasteiger partial charge is 0.264 e. The van der Waals surface area contributed by atoms with Gasteiger partial charge < -0.3 is 9.47 Å². The Bertz CT molecular complexity index is 989. The van der Waals surface area contributed by atoms with Gasteiger partial charge in [0, 0.05) is 27.5 Å². The van der Waals surface area contributed by atoms with Crippen molar-refractivity contribution >= 4 is 44.6 Å². The lowest BCUT2D eigenvalue weighted by atomic mass is 10.1. The standard InChI is InChI=1S/C21H19BrN2O4S/c1-2-27-19-10-15(12-25)5-8-18(19)28-13-20(26)24-21-23-11-17(29-21)9-14-3-6-16(22)7-4-14/h3-8,10-12H,2,9,13H2,1H3,(H,23,24,26). The molecule has 0 fully saturated rings. The second-order valence-corrected chi connectivity index (χ2v) is 8.06. The first-order valence-corrected chi connectivity index (χ1v) is 10.5. The molecule has 1 amide bonds. The van der Waals surface area contributed by atoms with Crippen LogP contribution in [0.3, 0.4) is 0 Å². The molecule has 3 aromatic rings. The van der Waals surface area contributed by atoms with Crippen LogP contribution in [-0.4, -0.2) is 30.4 Å². The number of nitrogens with one attached hydrogen (secondary N) is 1. The van der Waals surface area contributed by atoms with E-state index < -0.39 is 0 Å².